The zero-order valence-corrected chi connectivity index (χ0v) is 12.9. The molecule has 1 aromatic carbocycles. The Kier molecular flexibility index (Phi) is 5.13. The van der Waals surface area contributed by atoms with Gasteiger partial charge in [0.05, 0.1) is 12.0 Å². The third-order valence-electron chi connectivity index (χ3n) is 3.83. The molecule has 4 heteroatoms. The summed E-state index contributed by atoms with van der Waals surface area (Å²) in [6.07, 6.45) is 9.82. The van der Waals surface area contributed by atoms with Crippen LogP contribution in [0, 0.1) is 28.5 Å². The number of carbonyl (C=O) groups is 1. The van der Waals surface area contributed by atoms with Crippen molar-refractivity contribution in [3.8, 4) is 6.07 Å². The molecule has 0 fully saturated rings. The summed E-state index contributed by atoms with van der Waals surface area (Å²) in [7, 11) is 0. The lowest BCUT2D eigenvalue weighted by Gasteiger charge is -2.28. The van der Waals surface area contributed by atoms with Crippen LogP contribution < -0.4 is 0 Å². The first-order valence-electron chi connectivity index (χ1n) is 7.52. The molecule has 0 amide bonds. The van der Waals surface area contributed by atoms with Gasteiger partial charge in [-0.1, -0.05) is 61.9 Å². The van der Waals surface area contributed by atoms with Gasteiger partial charge in [0.25, 0.3) is 0 Å². The number of nitriles is 1. The van der Waals surface area contributed by atoms with E-state index in [9.17, 15) is 19.6 Å². The molecule has 0 saturated carbocycles. The lowest BCUT2D eigenvalue weighted by molar-refractivity contribution is -0.138. The van der Waals surface area contributed by atoms with Crippen molar-refractivity contribution in [3.63, 3.8) is 0 Å². The third kappa shape index (κ3) is 3.40. The van der Waals surface area contributed by atoms with Crippen LogP contribution in [0.3, 0.4) is 0 Å². The first kappa shape index (κ1) is 16.7. The van der Waals surface area contributed by atoms with Gasteiger partial charge in [-0.15, -0.1) is 0 Å². The summed E-state index contributed by atoms with van der Waals surface area (Å²) in [6, 6.07) is 8.32. The minimum absolute atomic E-state index is 0.255. The molecular weight excluding hydrogens is 293 g/mol. The quantitative estimate of drug-likeness (QED) is 0.823. The van der Waals surface area contributed by atoms with E-state index in [1.165, 1.54) is 18.2 Å². The van der Waals surface area contributed by atoms with E-state index >= 15 is 0 Å². The van der Waals surface area contributed by atoms with Crippen molar-refractivity contribution in [1.29, 1.82) is 5.26 Å². The normalized spacial score (nSPS) is 23.5. The van der Waals surface area contributed by atoms with Gasteiger partial charge in [0, 0.05) is 5.56 Å². The first-order valence-corrected chi connectivity index (χ1v) is 7.52. The van der Waals surface area contributed by atoms with E-state index in [0.717, 1.165) is 12.8 Å². The van der Waals surface area contributed by atoms with Crippen LogP contribution in [-0.4, -0.2) is 11.1 Å². The highest BCUT2D eigenvalue weighted by Crippen LogP contribution is 2.42. The molecule has 3 nitrogen and oxygen atoms in total. The molecule has 2 atom stereocenters. The molecule has 0 bridgehead atoms. The van der Waals surface area contributed by atoms with E-state index in [2.05, 4.69) is 6.07 Å². The number of carboxylic acids is 1. The Hall–Kier alpha value is -2.67. The van der Waals surface area contributed by atoms with Gasteiger partial charge in [-0.2, -0.15) is 5.26 Å². The molecule has 2 rings (SSSR count). The second-order valence-corrected chi connectivity index (χ2v) is 5.46. The highest BCUT2D eigenvalue weighted by molar-refractivity contribution is 5.85. The fourth-order valence-electron chi connectivity index (χ4n) is 2.58. The van der Waals surface area contributed by atoms with Crippen molar-refractivity contribution in [1.82, 2.24) is 0 Å². The largest absolute Gasteiger partial charge is 0.481 e. The van der Waals surface area contributed by atoms with Crippen LogP contribution in [0.4, 0.5) is 4.39 Å². The molecule has 0 saturated heterocycles. The third-order valence-corrected chi connectivity index (χ3v) is 3.83. The molecule has 0 aromatic heterocycles. The van der Waals surface area contributed by atoms with Gasteiger partial charge in [0.15, 0.2) is 0 Å². The number of carboxylic acid groups (broad SMARTS) is 1. The number of hydrogen-bond acceptors (Lipinski definition) is 2. The van der Waals surface area contributed by atoms with E-state index in [1.54, 1.807) is 30.4 Å². The Morgan fingerprint density at radius 2 is 2.22 bits per heavy atom. The summed E-state index contributed by atoms with van der Waals surface area (Å²) in [4.78, 5) is 11.3. The van der Waals surface area contributed by atoms with Crippen LogP contribution in [0.25, 0.3) is 5.57 Å². The van der Waals surface area contributed by atoms with Gasteiger partial charge in [0.1, 0.15) is 11.2 Å². The van der Waals surface area contributed by atoms with E-state index in [0.29, 0.717) is 5.57 Å². The number of rotatable bonds is 5. The Labute approximate surface area is 135 Å². The van der Waals surface area contributed by atoms with Crippen LogP contribution >= 0.6 is 0 Å². The van der Waals surface area contributed by atoms with Crippen molar-refractivity contribution in [3.05, 3.63) is 66.0 Å². The van der Waals surface area contributed by atoms with Crippen LogP contribution in [0.1, 0.15) is 25.3 Å². The Balaban J connectivity index is 2.59. The van der Waals surface area contributed by atoms with Crippen LogP contribution in [0.15, 0.2) is 54.6 Å². The smallest absolute Gasteiger partial charge is 0.314 e. The maximum Gasteiger partial charge on any atom is 0.314 e. The fraction of sp³-hybridized carbons (Fsp3) is 0.263. The summed E-state index contributed by atoms with van der Waals surface area (Å²) in [6.45, 7) is 2.02. The van der Waals surface area contributed by atoms with Gasteiger partial charge >= 0.3 is 5.97 Å². The average Bonchev–Trinajstić information content (AvgIpc) is 2.55. The lowest BCUT2D eigenvalue weighted by Crippen LogP contribution is -2.23. The number of nitrogens with zero attached hydrogens (tertiary/aromatic N) is 1. The van der Waals surface area contributed by atoms with Gasteiger partial charge in [-0.25, -0.2) is 4.39 Å². The van der Waals surface area contributed by atoms with E-state index in [4.69, 9.17) is 0 Å². The monoisotopic (exact) mass is 311 g/mol. The Bertz CT molecular complexity index is 727. The molecule has 0 heterocycles. The predicted octanol–water partition coefficient (Wildman–Crippen LogP) is 4.35. The topological polar surface area (TPSA) is 61.1 Å². The van der Waals surface area contributed by atoms with Crippen molar-refractivity contribution < 1.29 is 14.3 Å². The van der Waals surface area contributed by atoms with Crippen LogP contribution in [-0.2, 0) is 4.79 Å². The SMILES string of the molecule is CCC/C=C/C1(C#N)C=CC(C(=O)O)C=C1c1ccccc1F. The van der Waals surface area contributed by atoms with Crippen LogP contribution in [0.2, 0.25) is 0 Å². The standard InChI is InChI=1S/C19H18FNO2/c1-2-3-6-10-19(13-21)11-9-14(18(22)23)12-16(19)15-7-4-5-8-17(15)20/h4-12,14H,2-3H2,1H3,(H,22,23)/b10-6+. The highest BCUT2D eigenvalue weighted by atomic mass is 19.1. The molecule has 1 N–H and O–H groups in total. The molecular formula is C19H18FNO2. The maximum absolute atomic E-state index is 14.2. The first-order chi connectivity index (χ1) is 11.0. The molecule has 1 aromatic rings. The molecule has 0 aliphatic heterocycles. The van der Waals surface area contributed by atoms with Crippen molar-refractivity contribution >= 4 is 11.5 Å². The maximum atomic E-state index is 14.2. The van der Waals surface area contributed by atoms with Crippen molar-refractivity contribution in [2.45, 2.75) is 19.8 Å². The summed E-state index contributed by atoms with van der Waals surface area (Å²) in [5, 5.41) is 19.0. The molecule has 0 radical (unpaired) electrons. The number of unbranched alkanes of at least 4 members (excludes halogenated alkanes) is 1. The van der Waals surface area contributed by atoms with Crippen molar-refractivity contribution in [2.75, 3.05) is 0 Å². The summed E-state index contributed by atoms with van der Waals surface area (Å²) < 4.78 is 14.2. The number of hydrogen-bond donors (Lipinski definition) is 1. The number of halogens is 1. The summed E-state index contributed by atoms with van der Waals surface area (Å²) in [5.41, 5.74) is -0.519. The number of allylic oxidation sites excluding steroid dienone is 4. The molecule has 2 unspecified atom stereocenters. The minimum atomic E-state index is -1.15. The zero-order valence-electron chi connectivity index (χ0n) is 12.9. The summed E-state index contributed by atoms with van der Waals surface area (Å²) >= 11 is 0. The van der Waals surface area contributed by atoms with E-state index < -0.39 is 23.1 Å². The van der Waals surface area contributed by atoms with Gasteiger partial charge < -0.3 is 5.11 Å². The lowest BCUT2D eigenvalue weighted by atomic mass is 9.72. The average molecular weight is 311 g/mol. The van der Waals surface area contributed by atoms with E-state index in [-0.39, 0.29) is 5.56 Å². The second kappa shape index (κ2) is 7.06. The number of benzene rings is 1. The molecule has 0 spiro atoms. The zero-order chi connectivity index (χ0) is 16.9. The molecule has 23 heavy (non-hydrogen) atoms. The van der Waals surface area contributed by atoms with Gasteiger partial charge in [-0.05, 0) is 18.1 Å². The second-order valence-electron chi connectivity index (χ2n) is 5.46. The fourth-order valence-corrected chi connectivity index (χ4v) is 2.58. The minimum Gasteiger partial charge on any atom is -0.481 e. The predicted molar refractivity (Wildman–Crippen MR) is 86.7 cm³/mol. The Morgan fingerprint density at radius 1 is 1.48 bits per heavy atom. The molecule has 1 aliphatic carbocycles. The highest BCUT2D eigenvalue weighted by Gasteiger charge is 2.35. The molecule has 118 valence electrons. The Morgan fingerprint density at radius 3 is 2.83 bits per heavy atom. The molecule has 1 aliphatic rings. The number of aliphatic carboxylic acids is 1. The van der Waals surface area contributed by atoms with Gasteiger partial charge in [0.2, 0.25) is 0 Å². The van der Waals surface area contributed by atoms with Crippen LogP contribution in [0.5, 0.6) is 0 Å². The summed E-state index contributed by atoms with van der Waals surface area (Å²) in [5.74, 6) is -2.37. The van der Waals surface area contributed by atoms with Crippen molar-refractivity contribution in [2.24, 2.45) is 11.3 Å². The van der Waals surface area contributed by atoms with Gasteiger partial charge in [-0.3, -0.25) is 4.79 Å². The van der Waals surface area contributed by atoms with E-state index in [1.807, 2.05) is 13.0 Å².